The topological polar surface area (TPSA) is 84.9 Å². The highest BCUT2D eigenvalue weighted by Gasteiger charge is 2.27. The van der Waals surface area contributed by atoms with Gasteiger partial charge in [-0.25, -0.2) is 8.42 Å². The molecule has 162 valence electrons. The third kappa shape index (κ3) is 5.32. The molecule has 0 aliphatic carbocycles. The molecule has 1 N–H and O–H groups in total. The van der Waals surface area contributed by atoms with Gasteiger partial charge in [0.1, 0.15) is 5.75 Å². The minimum atomic E-state index is -3.72. The van der Waals surface area contributed by atoms with Crippen LogP contribution in [0, 0.1) is 0 Å². The zero-order valence-corrected chi connectivity index (χ0v) is 17.1. The molecular formula is C20H22F2N2O5S. The van der Waals surface area contributed by atoms with Crippen molar-refractivity contribution < 1.29 is 31.5 Å². The second-order valence-corrected chi connectivity index (χ2v) is 8.62. The van der Waals surface area contributed by atoms with E-state index in [0.717, 1.165) is 0 Å². The first-order valence-electron chi connectivity index (χ1n) is 9.31. The van der Waals surface area contributed by atoms with Gasteiger partial charge in [0.2, 0.25) is 10.0 Å². The maximum Gasteiger partial charge on any atom is 0.387 e. The Bertz CT molecular complexity index is 977. The molecule has 1 heterocycles. The first-order chi connectivity index (χ1) is 14.3. The van der Waals surface area contributed by atoms with E-state index in [1.165, 1.54) is 40.7 Å². The molecule has 2 aromatic rings. The van der Waals surface area contributed by atoms with Crippen LogP contribution in [-0.4, -0.2) is 51.5 Å². The minimum absolute atomic E-state index is 0.0216. The van der Waals surface area contributed by atoms with Crippen molar-refractivity contribution >= 4 is 15.9 Å². The Morgan fingerprint density at radius 1 is 1.13 bits per heavy atom. The molecule has 1 amide bonds. The number of ether oxygens (including phenoxy) is 2. The first-order valence-corrected chi connectivity index (χ1v) is 10.7. The van der Waals surface area contributed by atoms with Crippen molar-refractivity contribution in [1.29, 1.82) is 0 Å². The van der Waals surface area contributed by atoms with Crippen molar-refractivity contribution in [3.63, 3.8) is 0 Å². The van der Waals surface area contributed by atoms with Gasteiger partial charge in [-0.2, -0.15) is 13.1 Å². The molecule has 1 fully saturated rings. The van der Waals surface area contributed by atoms with Crippen LogP contribution in [0.25, 0.3) is 0 Å². The van der Waals surface area contributed by atoms with E-state index < -0.39 is 28.6 Å². The number of sulfonamides is 1. The number of rotatable bonds is 7. The van der Waals surface area contributed by atoms with E-state index in [4.69, 9.17) is 4.74 Å². The summed E-state index contributed by atoms with van der Waals surface area (Å²) in [5.41, 5.74) is 0.885. The molecule has 1 atom stereocenters. The zero-order chi connectivity index (χ0) is 21.7. The third-order valence-electron chi connectivity index (χ3n) is 4.66. The number of nitrogens with one attached hydrogen (secondary N) is 1. The number of amides is 1. The highest BCUT2D eigenvalue weighted by atomic mass is 32.2. The van der Waals surface area contributed by atoms with Crippen molar-refractivity contribution in [3.05, 3.63) is 59.7 Å². The van der Waals surface area contributed by atoms with Gasteiger partial charge in [-0.1, -0.05) is 18.2 Å². The Morgan fingerprint density at radius 2 is 1.80 bits per heavy atom. The fourth-order valence-corrected chi connectivity index (χ4v) is 4.49. The Morgan fingerprint density at radius 3 is 2.43 bits per heavy atom. The van der Waals surface area contributed by atoms with Crippen molar-refractivity contribution in [1.82, 2.24) is 9.62 Å². The molecule has 0 bridgehead atoms. The minimum Gasteiger partial charge on any atom is -0.435 e. The van der Waals surface area contributed by atoms with Crippen LogP contribution >= 0.6 is 0 Å². The monoisotopic (exact) mass is 440 g/mol. The summed E-state index contributed by atoms with van der Waals surface area (Å²) in [5, 5.41) is 2.77. The number of halogens is 2. The van der Waals surface area contributed by atoms with Gasteiger partial charge in [-0.15, -0.1) is 0 Å². The summed E-state index contributed by atoms with van der Waals surface area (Å²) >= 11 is 0. The van der Waals surface area contributed by atoms with Crippen LogP contribution in [0.4, 0.5) is 8.78 Å². The number of carbonyl (C=O) groups excluding carboxylic acids is 1. The molecule has 1 saturated heterocycles. The van der Waals surface area contributed by atoms with Gasteiger partial charge in [0.15, 0.2) is 0 Å². The number of hydrogen-bond donors (Lipinski definition) is 1. The summed E-state index contributed by atoms with van der Waals surface area (Å²) in [5.74, 6) is -0.428. The standard InChI is InChI=1S/C20H22F2N2O5S/c1-14(15-5-7-17(8-6-15)29-20(21)22)23-19(25)16-3-2-4-18(13-16)30(26,27)24-9-11-28-12-10-24/h2-8,13-14,20H,9-12H2,1H3,(H,23,25)/t14-/m1/s1. The molecule has 0 spiro atoms. The van der Waals surface area contributed by atoms with Gasteiger partial charge < -0.3 is 14.8 Å². The largest absolute Gasteiger partial charge is 0.435 e. The smallest absolute Gasteiger partial charge is 0.387 e. The number of benzene rings is 2. The number of morpholine rings is 1. The summed E-state index contributed by atoms with van der Waals surface area (Å²) in [6, 6.07) is 11.3. The van der Waals surface area contributed by atoms with E-state index in [2.05, 4.69) is 10.1 Å². The third-order valence-corrected chi connectivity index (χ3v) is 6.55. The Kier molecular flexibility index (Phi) is 7.01. The van der Waals surface area contributed by atoms with Crippen LogP contribution in [0.3, 0.4) is 0 Å². The second kappa shape index (κ2) is 9.50. The van der Waals surface area contributed by atoms with Gasteiger partial charge in [0, 0.05) is 18.7 Å². The summed E-state index contributed by atoms with van der Waals surface area (Å²) in [6.45, 7) is 0.0157. The predicted octanol–water partition coefficient (Wildman–Crippen LogP) is 2.80. The molecule has 0 aromatic heterocycles. The van der Waals surface area contributed by atoms with E-state index in [1.807, 2.05) is 0 Å². The van der Waals surface area contributed by atoms with Crippen molar-refractivity contribution in [3.8, 4) is 5.75 Å². The number of nitrogens with zero attached hydrogens (tertiary/aromatic N) is 1. The molecule has 0 unspecified atom stereocenters. The molecule has 1 aliphatic rings. The van der Waals surface area contributed by atoms with Crippen LogP contribution in [-0.2, 0) is 14.8 Å². The molecule has 1 aliphatic heterocycles. The van der Waals surface area contributed by atoms with E-state index in [9.17, 15) is 22.0 Å². The highest BCUT2D eigenvalue weighted by molar-refractivity contribution is 7.89. The molecule has 30 heavy (non-hydrogen) atoms. The van der Waals surface area contributed by atoms with Gasteiger partial charge in [0.05, 0.1) is 24.2 Å². The van der Waals surface area contributed by atoms with E-state index in [0.29, 0.717) is 18.8 Å². The molecule has 2 aromatic carbocycles. The number of carbonyl (C=O) groups is 1. The molecular weight excluding hydrogens is 418 g/mol. The number of alkyl halides is 2. The summed E-state index contributed by atoms with van der Waals surface area (Å²) in [6.07, 6.45) is 0. The maximum absolute atomic E-state index is 12.8. The first kappa shape index (κ1) is 22.1. The lowest BCUT2D eigenvalue weighted by Crippen LogP contribution is -2.40. The number of hydrogen-bond acceptors (Lipinski definition) is 5. The van der Waals surface area contributed by atoms with E-state index in [1.54, 1.807) is 19.1 Å². The van der Waals surface area contributed by atoms with Crippen LogP contribution in [0.5, 0.6) is 5.75 Å². The molecule has 7 nitrogen and oxygen atoms in total. The molecule has 0 saturated carbocycles. The lowest BCUT2D eigenvalue weighted by molar-refractivity contribution is -0.0498. The molecule has 3 rings (SSSR count). The lowest BCUT2D eigenvalue weighted by Gasteiger charge is -2.26. The summed E-state index contributed by atoms with van der Waals surface area (Å²) in [7, 11) is -3.72. The Hall–Kier alpha value is -2.56. The van der Waals surface area contributed by atoms with Crippen LogP contribution in [0.15, 0.2) is 53.4 Å². The van der Waals surface area contributed by atoms with Gasteiger partial charge >= 0.3 is 6.61 Å². The van der Waals surface area contributed by atoms with E-state index >= 15 is 0 Å². The Balaban J connectivity index is 1.70. The lowest BCUT2D eigenvalue weighted by atomic mass is 10.1. The van der Waals surface area contributed by atoms with Crippen LogP contribution in [0.2, 0.25) is 0 Å². The van der Waals surface area contributed by atoms with Gasteiger partial charge in [0.25, 0.3) is 5.91 Å². The quantitative estimate of drug-likeness (QED) is 0.716. The maximum atomic E-state index is 12.8. The van der Waals surface area contributed by atoms with Crippen molar-refractivity contribution in [2.45, 2.75) is 24.5 Å². The second-order valence-electron chi connectivity index (χ2n) is 6.69. The fourth-order valence-electron chi connectivity index (χ4n) is 3.04. The summed E-state index contributed by atoms with van der Waals surface area (Å²) in [4.78, 5) is 12.7. The van der Waals surface area contributed by atoms with Gasteiger partial charge in [-0.05, 0) is 42.8 Å². The van der Waals surface area contributed by atoms with Crippen molar-refractivity contribution in [2.24, 2.45) is 0 Å². The SMILES string of the molecule is C[C@@H](NC(=O)c1cccc(S(=O)(=O)N2CCOCC2)c1)c1ccc(OC(F)F)cc1. The fraction of sp³-hybridized carbons (Fsp3) is 0.350. The predicted molar refractivity (Wildman–Crippen MR) is 105 cm³/mol. The average molecular weight is 440 g/mol. The zero-order valence-electron chi connectivity index (χ0n) is 16.3. The summed E-state index contributed by atoms with van der Waals surface area (Å²) < 4.78 is 60.9. The highest BCUT2D eigenvalue weighted by Crippen LogP contribution is 2.21. The van der Waals surface area contributed by atoms with Crippen LogP contribution in [0.1, 0.15) is 28.9 Å². The Labute approximate surface area is 173 Å². The van der Waals surface area contributed by atoms with Crippen molar-refractivity contribution in [2.75, 3.05) is 26.3 Å². The molecule has 10 heteroatoms. The van der Waals surface area contributed by atoms with Gasteiger partial charge in [-0.3, -0.25) is 4.79 Å². The van der Waals surface area contributed by atoms with Crippen LogP contribution < -0.4 is 10.1 Å². The molecule has 0 radical (unpaired) electrons. The normalized spacial score (nSPS) is 16.3. The van der Waals surface area contributed by atoms with E-state index in [-0.39, 0.29) is 29.3 Å². The average Bonchev–Trinajstić information content (AvgIpc) is 2.74.